The van der Waals surface area contributed by atoms with Crippen LogP contribution < -0.4 is 11.5 Å². The minimum atomic E-state index is -1.05. The Kier molecular flexibility index (Phi) is 2.32. The van der Waals surface area contributed by atoms with Crippen LogP contribution in [0, 0.1) is 0 Å². The molecule has 0 radical (unpaired) electrons. The summed E-state index contributed by atoms with van der Waals surface area (Å²) in [6, 6.07) is -0.903. The summed E-state index contributed by atoms with van der Waals surface area (Å²) in [4.78, 5) is 9.73. The van der Waals surface area contributed by atoms with Gasteiger partial charge in [-0.25, -0.2) is 0 Å². The van der Waals surface area contributed by atoms with Gasteiger partial charge in [-0.3, -0.25) is 4.79 Å². The van der Waals surface area contributed by atoms with Crippen LogP contribution in [0.25, 0.3) is 0 Å². The highest BCUT2D eigenvalue weighted by Crippen LogP contribution is 1.68. The number of hydrogen-bond donors (Lipinski definition) is 3. The second-order valence-electron chi connectivity index (χ2n) is 1.18. The van der Waals surface area contributed by atoms with Crippen LogP contribution in [0.15, 0.2) is 0 Å². The maximum absolute atomic E-state index is 9.73. The van der Waals surface area contributed by atoms with Crippen molar-refractivity contribution in [2.75, 3.05) is 6.54 Å². The van der Waals surface area contributed by atoms with Crippen LogP contribution in [0.4, 0.5) is 0 Å². The van der Waals surface area contributed by atoms with Gasteiger partial charge in [0, 0.05) is 6.54 Å². The summed E-state index contributed by atoms with van der Waals surface area (Å²) in [6.07, 6.45) is 0. The quantitative estimate of drug-likeness (QED) is 0.392. The van der Waals surface area contributed by atoms with E-state index in [-0.39, 0.29) is 6.54 Å². The van der Waals surface area contributed by atoms with Crippen molar-refractivity contribution >= 4 is 5.97 Å². The molecule has 0 heterocycles. The fourth-order valence-corrected chi connectivity index (χ4v) is 0.101. The monoisotopic (exact) mass is 104 g/mol. The first-order valence-electron chi connectivity index (χ1n) is 1.87. The normalized spacial score (nSPS) is 13.4. The Hall–Kier alpha value is -0.610. The Morgan fingerprint density at radius 3 is 2.29 bits per heavy atom. The summed E-state index contributed by atoms with van der Waals surface area (Å²) >= 11 is 0. The summed E-state index contributed by atoms with van der Waals surface area (Å²) in [5.74, 6) is -1.05. The summed E-state index contributed by atoms with van der Waals surface area (Å²) < 4.78 is 0. The van der Waals surface area contributed by atoms with Gasteiger partial charge in [-0.1, -0.05) is 0 Å². The Balaban J connectivity index is 3.34. The van der Waals surface area contributed by atoms with E-state index in [1.807, 2.05) is 0 Å². The Labute approximate surface area is 41.1 Å². The molecular weight excluding hydrogens is 96.0 g/mol. The molecule has 0 bridgehead atoms. The number of aliphatic carboxylic acids is 1. The SMILES string of the molecule is NC[C@@H](N)C(=O)O. The van der Waals surface area contributed by atoms with Gasteiger partial charge in [0.1, 0.15) is 6.04 Å². The van der Waals surface area contributed by atoms with Crippen molar-refractivity contribution in [3.8, 4) is 0 Å². The first-order chi connectivity index (χ1) is 3.18. The number of nitrogens with two attached hydrogens (primary N) is 2. The first-order valence-corrected chi connectivity index (χ1v) is 1.87. The van der Waals surface area contributed by atoms with Crippen LogP contribution in [0.1, 0.15) is 0 Å². The highest BCUT2D eigenvalue weighted by atomic mass is 16.4. The molecule has 0 saturated carbocycles. The molecule has 0 aliphatic heterocycles. The van der Waals surface area contributed by atoms with Crippen LogP contribution in [0.3, 0.4) is 0 Å². The summed E-state index contributed by atoms with van der Waals surface area (Å²) in [6.45, 7) is -0.00463. The van der Waals surface area contributed by atoms with Crippen molar-refractivity contribution in [3.63, 3.8) is 0 Å². The van der Waals surface area contributed by atoms with E-state index in [9.17, 15) is 4.79 Å². The number of carbonyl (C=O) groups is 1. The molecule has 0 unspecified atom stereocenters. The number of carboxylic acids is 1. The van der Waals surface area contributed by atoms with E-state index in [0.29, 0.717) is 0 Å². The van der Waals surface area contributed by atoms with E-state index >= 15 is 0 Å². The molecule has 0 aromatic rings. The molecule has 1 atom stereocenters. The molecule has 0 spiro atoms. The average Bonchev–Trinajstić information content (AvgIpc) is 1.65. The standard InChI is InChI=1S/C3H8N2O2/c4-1-2(5)3(6)7/h2H,1,4-5H2,(H,6,7)/t2-/m1/s1. The van der Waals surface area contributed by atoms with Gasteiger partial charge in [0.25, 0.3) is 0 Å². The van der Waals surface area contributed by atoms with Crippen molar-refractivity contribution in [1.29, 1.82) is 0 Å². The van der Waals surface area contributed by atoms with Gasteiger partial charge in [0.05, 0.1) is 0 Å². The fourth-order valence-electron chi connectivity index (χ4n) is 0.101. The third-order valence-corrected chi connectivity index (χ3v) is 0.571. The van der Waals surface area contributed by atoms with Crippen molar-refractivity contribution in [2.45, 2.75) is 6.04 Å². The van der Waals surface area contributed by atoms with Crippen LogP contribution in [-0.4, -0.2) is 23.7 Å². The molecule has 0 aliphatic rings. The van der Waals surface area contributed by atoms with Crippen LogP contribution in [-0.2, 0) is 4.79 Å². The molecule has 0 amide bonds. The minimum Gasteiger partial charge on any atom is -0.480 e. The van der Waals surface area contributed by atoms with E-state index in [2.05, 4.69) is 0 Å². The zero-order valence-corrected chi connectivity index (χ0v) is 3.79. The van der Waals surface area contributed by atoms with Crippen LogP contribution in [0.5, 0.6) is 0 Å². The van der Waals surface area contributed by atoms with E-state index in [1.54, 1.807) is 0 Å². The molecular formula is C3H8N2O2. The Bertz CT molecular complexity index is 73.3. The van der Waals surface area contributed by atoms with E-state index < -0.39 is 12.0 Å². The molecule has 7 heavy (non-hydrogen) atoms. The maximum atomic E-state index is 9.73. The highest BCUT2D eigenvalue weighted by molar-refractivity contribution is 5.73. The first kappa shape index (κ1) is 6.39. The molecule has 0 aliphatic carbocycles. The average molecular weight is 104 g/mol. The lowest BCUT2D eigenvalue weighted by molar-refractivity contribution is -0.138. The fraction of sp³-hybridized carbons (Fsp3) is 0.667. The van der Waals surface area contributed by atoms with Gasteiger partial charge in [0.15, 0.2) is 0 Å². The van der Waals surface area contributed by atoms with Crippen LogP contribution >= 0.6 is 0 Å². The minimum absolute atomic E-state index is 0.00463. The second kappa shape index (κ2) is 2.54. The molecule has 4 nitrogen and oxygen atoms in total. The van der Waals surface area contributed by atoms with E-state index in [4.69, 9.17) is 16.6 Å². The molecule has 0 saturated heterocycles. The summed E-state index contributed by atoms with van der Waals surface area (Å²) in [5, 5.41) is 7.98. The molecule has 4 heteroatoms. The smallest absolute Gasteiger partial charge is 0.321 e. The summed E-state index contributed by atoms with van der Waals surface area (Å²) in [7, 11) is 0. The van der Waals surface area contributed by atoms with Crippen molar-refractivity contribution in [3.05, 3.63) is 0 Å². The zero-order chi connectivity index (χ0) is 5.86. The maximum Gasteiger partial charge on any atom is 0.321 e. The lowest BCUT2D eigenvalue weighted by Gasteiger charge is -1.97. The third kappa shape index (κ3) is 2.13. The van der Waals surface area contributed by atoms with E-state index in [0.717, 1.165) is 0 Å². The predicted octanol–water partition coefficient (Wildman–Crippen LogP) is -1.64. The molecule has 0 aromatic heterocycles. The van der Waals surface area contributed by atoms with Crippen molar-refractivity contribution in [2.24, 2.45) is 11.5 Å². The molecule has 5 N–H and O–H groups in total. The van der Waals surface area contributed by atoms with Gasteiger partial charge < -0.3 is 16.6 Å². The van der Waals surface area contributed by atoms with Crippen molar-refractivity contribution < 1.29 is 9.90 Å². The lowest BCUT2D eigenvalue weighted by atomic mass is 10.3. The zero-order valence-electron chi connectivity index (χ0n) is 3.79. The molecule has 0 fully saturated rings. The number of hydrogen-bond acceptors (Lipinski definition) is 3. The van der Waals surface area contributed by atoms with Gasteiger partial charge in [-0.2, -0.15) is 0 Å². The van der Waals surface area contributed by atoms with E-state index in [1.165, 1.54) is 0 Å². The number of rotatable bonds is 2. The second-order valence-corrected chi connectivity index (χ2v) is 1.18. The molecule has 0 rings (SSSR count). The van der Waals surface area contributed by atoms with Gasteiger partial charge in [-0.15, -0.1) is 0 Å². The Morgan fingerprint density at radius 2 is 2.29 bits per heavy atom. The highest BCUT2D eigenvalue weighted by Gasteiger charge is 2.05. The summed E-state index contributed by atoms with van der Waals surface area (Å²) in [5.41, 5.74) is 9.76. The van der Waals surface area contributed by atoms with Gasteiger partial charge in [0.2, 0.25) is 0 Å². The van der Waals surface area contributed by atoms with Crippen molar-refractivity contribution in [1.82, 2.24) is 0 Å². The Morgan fingerprint density at radius 1 is 1.86 bits per heavy atom. The van der Waals surface area contributed by atoms with Crippen LogP contribution in [0.2, 0.25) is 0 Å². The van der Waals surface area contributed by atoms with Gasteiger partial charge in [-0.05, 0) is 0 Å². The molecule has 42 valence electrons. The predicted molar refractivity (Wildman–Crippen MR) is 24.7 cm³/mol. The van der Waals surface area contributed by atoms with Gasteiger partial charge >= 0.3 is 5.97 Å². The molecule has 0 aromatic carbocycles. The number of carboxylic acid groups (broad SMARTS) is 1. The lowest BCUT2D eigenvalue weighted by Crippen LogP contribution is -2.37. The topological polar surface area (TPSA) is 89.3 Å². The third-order valence-electron chi connectivity index (χ3n) is 0.571. The largest absolute Gasteiger partial charge is 0.480 e.